The summed E-state index contributed by atoms with van der Waals surface area (Å²) >= 11 is 0.931. The number of amides is 2. The summed E-state index contributed by atoms with van der Waals surface area (Å²) in [7, 11) is 0. The maximum absolute atomic E-state index is 11.9. The number of nitrogens with one attached hydrogen (secondary N) is 1. The predicted octanol–water partition coefficient (Wildman–Crippen LogP) is 4.80. The number of carbonyl (C=O) groups excluding carboxylic acids is 2. The number of rotatable bonds is 4. The molecule has 0 unspecified atom stereocenters. The van der Waals surface area contributed by atoms with Crippen molar-refractivity contribution in [3.05, 3.63) is 59.3 Å². The van der Waals surface area contributed by atoms with Crippen LogP contribution in [0.4, 0.5) is 10.5 Å². The van der Waals surface area contributed by atoms with Gasteiger partial charge in [-0.15, -0.1) is 0 Å². The standard InChI is InChI=1S/C27H29N5O2S/c33-26-25(35-27(34)29-26)17-19-4-9-23-24(16-19)32(18-28-23)22-7-5-20(6-8-22)31-14-10-21(11-15-31)30-12-2-1-3-13-30/h4-9,16-18,21H,1-3,10-15H2,(H,29,33,34)/b25-17-. The summed E-state index contributed by atoms with van der Waals surface area (Å²) in [5, 5.41) is 1.97. The lowest BCUT2D eigenvalue weighted by atomic mass is 9.99. The molecule has 4 heterocycles. The number of benzene rings is 2. The van der Waals surface area contributed by atoms with E-state index in [0.717, 1.165) is 53.2 Å². The molecule has 1 aromatic heterocycles. The Balaban J connectivity index is 1.18. The Morgan fingerprint density at radius 3 is 2.37 bits per heavy atom. The van der Waals surface area contributed by atoms with Gasteiger partial charge in [0, 0.05) is 30.5 Å². The molecule has 0 aliphatic carbocycles. The number of imide groups is 1. The summed E-state index contributed by atoms with van der Waals surface area (Å²) in [6.45, 7) is 4.78. The Morgan fingerprint density at radius 2 is 1.66 bits per heavy atom. The molecule has 8 heteroatoms. The molecule has 2 amide bonds. The monoisotopic (exact) mass is 487 g/mol. The van der Waals surface area contributed by atoms with Crippen LogP contribution in [0.5, 0.6) is 0 Å². The molecule has 0 spiro atoms. The minimum atomic E-state index is -0.343. The van der Waals surface area contributed by atoms with Crippen LogP contribution in [-0.4, -0.2) is 57.8 Å². The Hall–Kier alpha value is -3.10. The maximum Gasteiger partial charge on any atom is 0.290 e. The first-order valence-corrected chi connectivity index (χ1v) is 13.3. The molecular weight excluding hydrogens is 458 g/mol. The van der Waals surface area contributed by atoms with Gasteiger partial charge in [-0.05, 0) is 98.6 Å². The first-order chi connectivity index (χ1) is 17.1. The summed E-state index contributed by atoms with van der Waals surface area (Å²) in [5.41, 5.74) is 5.03. The first kappa shape index (κ1) is 22.4. The second-order valence-corrected chi connectivity index (χ2v) is 10.6. The van der Waals surface area contributed by atoms with Gasteiger partial charge in [-0.1, -0.05) is 12.5 Å². The van der Waals surface area contributed by atoms with E-state index in [0.29, 0.717) is 4.91 Å². The smallest absolute Gasteiger partial charge is 0.290 e. The number of hydrogen-bond acceptors (Lipinski definition) is 6. The number of fused-ring (bicyclic) bond motifs is 1. The topological polar surface area (TPSA) is 70.5 Å². The molecule has 3 aliphatic heterocycles. The molecule has 3 saturated heterocycles. The van der Waals surface area contributed by atoms with Crippen molar-refractivity contribution in [3.63, 3.8) is 0 Å². The first-order valence-electron chi connectivity index (χ1n) is 12.5. The highest BCUT2D eigenvalue weighted by atomic mass is 32.2. The van der Waals surface area contributed by atoms with Crippen molar-refractivity contribution in [1.82, 2.24) is 19.8 Å². The number of imidazole rings is 1. The largest absolute Gasteiger partial charge is 0.371 e. The van der Waals surface area contributed by atoms with Gasteiger partial charge in [0.2, 0.25) is 0 Å². The van der Waals surface area contributed by atoms with E-state index >= 15 is 0 Å². The van der Waals surface area contributed by atoms with Crippen molar-refractivity contribution < 1.29 is 9.59 Å². The van der Waals surface area contributed by atoms with Crippen LogP contribution in [0.2, 0.25) is 0 Å². The maximum atomic E-state index is 11.9. The SMILES string of the molecule is O=C1NC(=O)/C(=C/c2ccc3ncn(-c4ccc(N5CCC(N6CCCCC6)CC5)cc4)c3c2)S1. The molecule has 2 aromatic carbocycles. The molecule has 0 atom stereocenters. The number of carbonyl (C=O) groups is 2. The molecular formula is C27H29N5O2S. The molecule has 0 saturated carbocycles. The number of thioether (sulfide) groups is 1. The van der Waals surface area contributed by atoms with Crippen LogP contribution in [0.15, 0.2) is 53.7 Å². The van der Waals surface area contributed by atoms with Gasteiger partial charge in [-0.2, -0.15) is 0 Å². The fourth-order valence-corrected chi connectivity index (χ4v) is 6.17. The van der Waals surface area contributed by atoms with E-state index in [1.807, 2.05) is 24.5 Å². The molecule has 7 nitrogen and oxygen atoms in total. The van der Waals surface area contributed by atoms with Gasteiger partial charge in [0.15, 0.2) is 0 Å². The zero-order chi connectivity index (χ0) is 23.8. The summed E-state index contributed by atoms with van der Waals surface area (Å²) in [4.78, 5) is 33.6. The van der Waals surface area contributed by atoms with Crippen molar-refractivity contribution in [1.29, 1.82) is 0 Å². The summed E-state index contributed by atoms with van der Waals surface area (Å²) in [5.74, 6) is -0.343. The second kappa shape index (κ2) is 9.51. The molecule has 35 heavy (non-hydrogen) atoms. The van der Waals surface area contributed by atoms with E-state index in [1.54, 1.807) is 6.08 Å². The zero-order valence-electron chi connectivity index (χ0n) is 19.7. The predicted molar refractivity (Wildman–Crippen MR) is 141 cm³/mol. The molecule has 180 valence electrons. The highest BCUT2D eigenvalue weighted by Gasteiger charge is 2.26. The van der Waals surface area contributed by atoms with Gasteiger partial charge < -0.3 is 9.80 Å². The normalized spacial score (nSPS) is 21.3. The molecule has 0 bridgehead atoms. The van der Waals surface area contributed by atoms with E-state index < -0.39 is 0 Å². The van der Waals surface area contributed by atoms with Gasteiger partial charge in [-0.25, -0.2) is 4.98 Å². The van der Waals surface area contributed by atoms with Crippen molar-refractivity contribution >= 4 is 45.7 Å². The van der Waals surface area contributed by atoms with E-state index in [2.05, 4.69) is 48.9 Å². The molecule has 0 radical (unpaired) electrons. The van der Waals surface area contributed by atoms with E-state index in [9.17, 15) is 9.59 Å². The van der Waals surface area contributed by atoms with Gasteiger partial charge in [0.25, 0.3) is 11.1 Å². The Bertz CT molecular complexity index is 1280. The second-order valence-electron chi connectivity index (χ2n) is 9.55. The van der Waals surface area contributed by atoms with Gasteiger partial charge in [0.05, 0.1) is 15.9 Å². The third kappa shape index (κ3) is 4.60. The number of aromatic nitrogens is 2. The van der Waals surface area contributed by atoms with Gasteiger partial charge >= 0.3 is 0 Å². The lowest BCUT2D eigenvalue weighted by molar-refractivity contribution is -0.115. The van der Waals surface area contributed by atoms with Crippen LogP contribution in [0, 0.1) is 0 Å². The summed E-state index contributed by atoms with van der Waals surface area (Å²) < 4.78 is 2.07. The van der Waals surface area contributed by atoms with E-state index in [1.165, 1.54) is 50.9 Å². The molecule has 6 rings (SSSR count). The molecule has 3 fully saturated rings. The van der Waals surface area contributed by atoms with Crippen LogP contribution < -0.4 is 10.2 Å². The third-order valence-electron chi connectivity index (χ3n) is 7.38. The average molecular weight is 488 g/mol. The highest BCUT2D eigenvalue weighted by Crippen LogP contribution is 2.29. The highest BCUT2D eigenvalue weighted by molar-refractivity contribution is 8.18. The minimum Gasteiger partial charge on any atom is -0.371 e. The van der Waals surface area contributed by atoms with E-state index in [-0.39, 0.29) is 11.1 Å². The number of likely N-dealkylation sites (tertiary alicyclic amines) is 1. The molecule has 3 aliphatic rings. The van der Waals surface area contributed by atoms with Crippen LogP contribution in [0.25, 0.3) is 22.8 Å². The van der Waals surface area contributed by atoms with Crippen molar-refractivity contribution in [3.8, 4) is 5.69 Å². The van der Waals surface area contributed by atoms with Crippen LogP contribution in [-0.2, 0) is 4.79 Å². The number of hydrogen-bond donors (Lipinski definition) is 1. The van der Waals surface area contributed by atoms with Crippen molar-refractivity contribution in [2.45, 2.75) is 38.1 Å². The minimum absolute atomic E-state index is 0.330. The van der Waals surface area contributed by atoms with Crippen LogP contribution in [0.1, 0.15) is 37.7 Å². The van der Waals surface area contributed by atoms with Crippen LogP contribution >= 0.6 is 11.8 Å². The quantitative estimate of drug-likeness (QED) is 0.533. The van der Waals surface area contributed by atoms with Gasteiger partial charge in [-0.3, -0.25) is 19.5 Å². The number of anilines is 1. The van der Waals surface area contributed by atoms with Crippen molar-refractivity contribution in [2.75, 3.05) is 31.1 Å². The fraction of sp³-hybridized carbons (Fsp3) is 0.370. The Labute approximate surface area is 209 Å². The Morgan fingerprint density at radius 1 is 0.914 bits per heavy atom. The third-order valence-corrected chi connectivity index (χ3v) is 8.19. The molecule has 3 aromatic rings. The lowest BCUT2D eigenvalue weighted by Gasteiger charge is -2.41. The Kier molecular flexibility index (Phi) is 6.08. The van der Waals surface area contributed by atoms with Crippen molar-refractivity contribution in [2.24, 2.45) is 0 Å². The number of nitrogens with zero attached hydrogens (tertiary/aromatic N) is 4. The van der Waals surface area contributed by atoms with E-state index in [4.69, 9.17) is 0 Å². The van der Waals surface area contributed by atoms with Crippen LogP contribution in [0.3, 0.4) is 0 Å². The summed E-state index contributed by atoms with van der Waals surface area (Å²) in [6.07, 6.45) is 10.2. The number of piperidine rings is 2. The van der Waals surface area contributed by atoms with Gasteiger partial charge in [0.1, 0.15) is 6.33 Å². The molecule has 1 N–H and O–H groups in total. The average Bonchev–Trinajstić information content (AvgIpc) is 3.46. The lowest BCUT2D eigenvalue weighted by Crippen LogP contribution is -2.46. The summed E-state index contributed by atoms with van der Waals surface area (Å²) in [6, 6.07) is 15.3. The fourth-order valence-electron chi connectivity index (χ4n) is 5.49. The zero-order valence-corrected chi connectivity index (χ0v) is 20.5.